The SMILES string of the molecule is O=P(Nc1ccccc1)(N1CC1)N1CC1. The fourth-order valence-electron chi connectivity index (χ4n) is 1.63. The van der Waals surface area contributed by atoms with E-state index in [1.807, 2.05) is 39.7 Å². The Morgan fingerprint density at radius 2 is 1.53 bits per heavy atom. The van der Waals surface area contributed by atoms with Crippen molar-refractivity contribution in [2.24, 2.45) is 0 Å². The van der Waals surface area contributed by atoms with Crippen LogP contribution in [0.1, 0.15) is 0 Å². The molecule has 1 aromatic rings. The van der Waals surface area contributed by atoms with Crippen LogP contribution in [-0.4, -0.2) is 35.5 Å². The number of nitrogens with zero attached hydrogens (tertiary/aromatic N) is 2. The lowest BCUT2D eigenvalue weighted by molar-refractivity contribution is 0.524. The molecule has 0 radical (unpaired) electrons. The van der Waals surface area contributed by atoms with Gasteiger partial charge in [0.05, 0.1) is 0 Å². The van der Waals surface area contributed by atoms with Crippen LogP contribution in [0.3, 0.4) is 0 Å². The van der Waals surface area contributed by atoms with Crippen LogP contribution in [0.5, 0.6) is 0 Å². The first kappa shape index (κ1) is 9.40. The first-order valence-electron chi connectivity index (χ1n) is 5.23. The zero-order valence-corrected chi connectivity index (χ0v) is 9.36. The first-order chi connectivity index (χ1) is 7.29. The van der Waals surface area contributed by atoms with Gasteiger partial charge in [0, 0.05) is 31.9 Å². The molecule has 4 nitrogen and oxygen atoms in total. The minimum absolute atomic E-state index is 0.944. The van der Waals surface area contributed by atoms with Gasteiger partial charge in [-0.2, -0.15) is 0 Å². The molecule has 0 aromatic heterocycles. The normalized spacial score (nSPS) is 21.3. The second-order valence-corrected chi connectivity index (χ2v) is 6.37. The quantitative estimate of drug-likeness (QED) is 0.624. The maximum Gasteiger partial charge on any atom is 0.308 e. The lowest BCUT2D eigenvalue weighted by Gasteiger charge is -2.21. The predicted molar refractivity (Wildman–Crippen MR) is 60.8 cm³/mol. The zero-order chi connectivity index (χ0) is 10.3. The van der Waals surface area contributed by atoms with Crippen molar-refractivity contribution in [3.05, 3.63) is 30.3 Å². The van der Waals surface area contributed by atoms with E-state index in [2.05, 4.69) is 5.09 Å². The van der Waals surface area contributed by atoms with E-state index >= 15 is 0 Å². The highest BCUT2D eigenvalue weighted by molar-refractivity contribution is 7.61. The van der Waals surface area contributed by atoms with E-state index in [4.69, 9.17) is 0 Å². The van der Waals surface area contributed by atoms with Crippen LogP contribution in [0.25, 0.3) is 0 Å². The molecule has 1 N–H and O–H groups in total. The molecule has 80 valence electrons. The molecule has 1 aromatic carbocycles. The fraction of sp³-hybridized carbons (Fsp3) is 0.400. The molecule has 0 atom stereocenters. The van der Waals surface area contributed by atoms with E-state index in [-0.39, 0.29) is 0 Å². The van der Waals surface area contributed by atoms with Crippen LogP contribution in [0.15, 0.2) is 30.3 Å². The van der Waals surface area contributed by atoms with E-state index in [0.717, 1.165) is 31.9 Å². The monoisotopic (exact) mass is 223 g/mol. The highest BCUT2D eigenvalue weighted by atomic mass is 31.2. The molecule has 0 bridgehead atoms. The minimum Gasteiger partial charge on any atom is -0.313 e. The molecule has 2 aliphatic rings. The Bertz CT molecular complexity index is 384. The Morgan fingerprint density at radius 3 is 2.00 bits per heavy atom. The van der Waals surface area contributed by atoms with Crippen LogP contribution < -0.4 is 5.09 Å². The van der Waals surface area contributed by atoms with E-state index in [1.54, 1.807) is 0 Å². The Kier molecular flexibility index (Phi) is 2.09. The van der Waals surface area contributed by atoms with Crippen molar-refractivity contribution in [1.82, 2.24) is 9.34 Å². The highest BCUT2D eigenvalue weighted by Gasteiger charge is 2.47. The summed E-state index contributed by atoms with van der Waals surface area (Å²) in [6, 6.07) is 9.79. The third kappa shape index (κ3) is 1.81. The van der Waals surface area contributed by atoms with E-state index in [0.29, 0.717) is 0 Å². The summed E-state index contributed by atoms with van der Waals surface area (Å²) in [5, 5.41) is 3.19. The van der Waals surface area contributed by atoms with Crippen LogP contribution in [0.2, 0.25) is 0 Å². The summed E-state index contributed by atoms with van der Waals surface area (Å²) >= 11 is 0. The van der Waals surface area contributed by atoms with Crippen molar-refractivity contribution in [3.8, 4) is 0 Å². The van der Waals surface area contributed by atoms with E-state index in [1.165, 1.54) is 0 Å². The lowest BCUT2D eigenvalue weighted by Crippen LogP contribution is -2.12. The molecule has 2 fully saturated rings. The lowest BCUT2D eigenvalue weighted by atomic mass is 10.3. The molecule has 2 aliphatic heterocycles. The first-order valence-corrected chi connectivity index (χ1v) is 6.84. The molecule has 3 rings (SSSR count). The maximum atomic E-state index is 12.6. The Hall–Kier alpha value is -0.830. The van der Waals surface area contributed by atoms with Crippen LogP contribution in [0.4, 0.5) is 5.69 Å². The largest absolute Gasteiger partial charge is 0.313 e. The number of hydrogen-bond donors (Lipinski definition) is 1. The maximum absolute atomic E-state index is 12.6. The smallest absolute Gasteiger partial charge is 0.308 e. The standard InChI is InChI=1S/C10H14N3OP/c14-15(12-6-7-12,13-8-9-13)11-10-4-2-1-3-5-10/h1-5H,6-9H2,(H,11,14). The summed E-state index contributed by atoms with van der Waals surface area (Å²) in [4.78, 5) is 0. The van der Waals surface area contributed by atoms with Crippen LogP contribution in [-0.2, 0) is 4.57 Å². The van der Waals surface area contributed by atoms with Crippen molar-refractivity contribution >= 4 is 13.3 Å². The third-order valence-corrected chi connectivity index (χ3v) is 5.55. The van der Waals surface area contributed by atoms with Gasteiger partial charge in [0.1, 0.15) is 0 Å². The summed E-state index contributed by atoms with van der Waals surface area (Å²) in [5.41, 5.74) is 0.944. The molecule has 0 aliphatic carbocycles. The molecule has 0 unspecified atom stereocenters. The molecule has 0 saturated carbocycles. The Morgan fingerprint density at radius 1 is 1.00 bits per heavy atom. The second-order valence-electron chi connectivity index (χ2n) is 3.93. The topological polar surface area (TPSA) is 35.1 Å². The predicted octanol–water partition coefficient (Wildman–Crippen LogP) is 1.84. The summed E-state index contributed by atoms with van der Waals surface area (Å²) < 4.78 is 16.7. The van der Waals surface area contributed by atoms with Gasteiger partial charge in [0.2, 0.25) is 0 Å². The van der Waals surface area contributed by atoms with Gasteiger partial charge in [-0.3, -0.25) is 4.57 Å². The number of hydrogen-bond acceptors (Lipinski definition) is 1. The zero-order valence-electron chi connectivity index (χ0n) is 8.47. The third-order valence-electron chi connectivity index (χ3n) is 2.66. The average molecular weight is 223 g/mol. The molecular weight excluding hydrogens is 209 g/mol. The molecular formula is C10H14N3OP. The average Bonchev–Trinajstić information content (AvgIpc) is 3.09. The molecule has 15 heavy (non-hydrogen) atoms. The van der Waals surface area contributed by atoms with Gasteiger partial charge in [-0.25, -0.2) is 9.34 Å². The summed E-state index contributed by atoms with van der Waals surface area (Å²) in [6.45, 7) is 3.81. The van der Waals surface area contributed by atoms with Gasteiger partial charge in [0.25, 0.3) is 0 Å². The minimum atomic E-state index is -2.45. The molecule has 0 amide bonds. The number of para-hydroxylation sites is 1. The van der Waals surface area contributed by atoms with Gasteiger partial charge < -0.3 is 5.09 Å². The van der Waals surface area contributed by atoms with Crippen molar-refractivity contribution < 1.29 is 4.57 Å². The van der Waals surface area contributed by atoms with E-state index in [9.17, 15) is 4.57 Å². The van der Waals surface area contributed by atoms with Gasteiger partial charge in [0.15, 0.2) is 0 Å². The Balaban J connectivity index is 1.82. The number of anilines is 1. The van der Waals surface area contributed by atoms with Crippen molar-refractivity contribution in [3.63, 3.8) is 0 Å². The van der Waals surface area contributed by atoms with Crippen LogP contribution in [0, 0.1) is 0 Å². The molecule has 0 spiro atoms. The molecule has 2 heterocycles. The van der Waals surface area contributed by atoms with Crippen molar-refractivity contribution in [2.45, 2.75) is 0 Å². The van der Waals surface area contributed by atoms with Gasteiger partial charge in [-0.05, 0) is 12.1 Å². The number of benzene rings is 1. The van der Waals surface area contributed by atoms with Crippen molar-refractivity contribution in [2.75, 3.05) is 31.3 Å². The summed E-state index contributed by atoms with van der Waals surface area (Å²) in [7, 11) is -2.45. The van der Waals surface area contributed by atoms with Crippen molar-refractivity contribution in [1.29, 1.82) is 0 Å². The highest BCUT2D eigenvalue weighted by Crippen LogP contribution is 2.59. The molecule has 5 heteroatoms. The molecule has 2 saturated heterocycles. The van der Waals surface area contributed by atoms with E-state index < -0.39 is 7.59 Å². The number of rotatable bonds is 4. The summed E-state index contributed by atoms with van der Waals surface area (Å²) in [5.74, 6) is 0. The summed E-state index contributed by atoms with van der Waals surface area (Å²) in [6.07, 6.45) is 0. The number of nitrogens with one attached hydrogen (secondary N) is 1. The fourth-order valence-corrected chi connectivity index (χ4v) is 4.02. The van der Waals surface area contributed by atoms with Gasteiger partial charge in [-0.1, -0.05) is 18.2 Å². The second kappa shape index (κ2) is 3.34. The van der Waals surface area contributed by atoms with Gasteiger partial charge >= 0.3 is 7.59 Å². The van der Waals surface area contributed by atoms with Gasteiger partial charge in [-0.15, -0.1) is 0 Å². The Labute approximate surface area is 89.4 Å². The van der Waals surface area contributed by atoms with Crippen LogP contribution >= 0.6 is 7.59 Å².